The van der Waals surface area contributed by atoms with E-state index in [0.29, 0.717) is 12.3 Å². The molecular formula is C7H8N2O. The van der Waals surface area contributed by atoms with Crippen LogP contribution in [0.2, 0.25) is 0 Å². The zero-order valence-electron chi connectivity index (χ0n) is 5.50. The highest BCUT2D eigenvalue weighted by molar-refractivity contribution is 5.83. The maximum atomic E-state index is 10.8. The van der Waals surface area contributed by atoms with Gasteiger partial charge in [-0.15, -0.1) is 0 Å². The predicted molar refractivity (Wildman–Crippen MR) is 37.4 cm³/mol. The van der Waals surface area contributed by atoms with Gasteiger partial charge in [0.15, 0.2) is 0 Å². The molecule has 2 rings (SSSR count). The van der Waals surface area contributed by atoms with E-state index in [1.54, 1.807) is 6.20 Å². The van der Waals surface area contributed by atoms with Crippen LogP contribution in [-0.4, -0.2) is 12.1 Å². The first kappa shape index (κ1) is 5.65. The van der Waals surface area contributed by atoms with Gasteiger partial charge in [-0.3, -0.25) is 9.79 Å². The number of rotatable bonds is 0. The van der Waals surface area contributed by atoms with Crippen LogP contribution in [-0.2, 0) is 4.79 Å². The number of hydrogen-bond acceptors (Lipinski definition) is 2. The molecule has 1 N–H and O–H groups in total. The minimum atomic E-state index is 0.119. The molecular weight excluding hydrogens is 128 g/mol. The van der Waals surface area contributed by atoms with Gasteiger partial charge in [-0.25, -0.2) is 0 Å². The molecule has 1 saturated heterocycles. The van der Waals surface area contributed by atoms with Gasteiger partial charge in [-0.05, 0) is 6.42 Å². The molecule has 0 saturated carbocycles. The molecule has 52 valence electrons. The molecule has 0 aromatic carbocycles. The molecule has 2 aliphatic heterocycles. The Labute approximate surface area is 58.8 Å². The van der Waals surface area contributed by atoms with E-state index in [1.165, 1.54) is 0 Å². The van der Waals surface area contributed by atoms with Crippen LogP contribution >= 0.6 is 0 Å². The second-order valence-electron chi connectivity index (χ2n) is 2.58. The molecule has 2 aliphatic rings. The van der Waals surface area contributed by atoms with Crippen LogP contribution in [0.4, 0.5) is 0 Å². The maximum Gasteiger partial charge on any atom is 0.224 e. The summed E-state index contributed by atoms with van der Waals surface area (Å²) in [5.74, 6) is 0.505. The van der Waals surface area contributed by atoms with Crippen LogP contribution in [0.15, 0.2) is 16.9 Å². The van der Waals surface area contributed by atoms with Gasteiger partial charge in [0.2, 0.25) is 5.91 Å². The number of carbonyl (C=O) groups is 1. The van der Waals surface area contributed by atoms with Crippen LogP contribution in [0.1, 0.15) is 12.8 Å². The lowest BCUT2D eigenvalue weighted by molar-refractivity contribution is -0.121. The predicted octanol–water partition coefficient (Wildman–Crippen LogP) is 0.438. The van der Waals surface area contributed by atoms with Gasteiger partial charge in [0.1, 0.15) is 0 Å². The van der Waals surface area contributed by atoms with Crippen molar-refractivity contribution in [3.8, 4) is 0 Å². The number of piperidine rings is 1. The molecule has 0 aliphatic carbocycles. The molecule has 1 unspecified atom stereocenters. The Kier molecular flexibility index (Phi) is 1.09. The molecule has 0 spiro atoms. The van der Waals surface area contributed by atoms with Crippen molar-refractivity contribution in [1.29, 1.82) is 0 Å². The Balaban J connectivity index is 2.19. The van der Waals surface area contributed by atoms with Crippen LogP contribution < -0.4 is 5.32 Å². The van der Waals surface area contributed by atoms with E-state index in [1.807, 2.05) is 6.21 Å². The topological polar surface area (TPSA) is 41.5 Å². The molecule has 1 amide bonds. The van der Waals surface area contributed by atoms with E-state index >= 15 is 0 Å². The zero-order chi connectivity index (χ0) is 6.97. The van der Waals surface area contributed by atoms with Crippen LogP contribution in [0.25, 0.3) is 0 Å². The third-order valence-electron chi connectivity index (χ3n) is 1.85. The number of nitrogens with one attached hydrogen (secondary N) is 1. The van der Waals surface area contributed by atoms with E-state index in [9.17, 15) is 4.79 Å². The summed E-state index contributed by atoms with van der Waals surface area (Å²) >= 11 is 0. The normalized spacial score (nSPS) is 29.4. The van der Waals surface area contributed by atoms with Gasteiger partial charge in [-0.2, -0.15) is 0 Å². The second-order valence-corrected chi connectivity index (χ2v) is 2.58. The number of nitrogens with zero attached hydrogens (tertiary/aromatic N) is 1. The van der Waals surface area contributed by atoms with Crippen molar-refractivity contribution >= 4 is 12.1 Å². The molecule has 1 fully saturated rings. The lowest BCUT2D eigenvalue weighted by Crippen LogP contribution is -2.31. The van der Waals surface area contributed by atoms with Crippen molar-refractivity contribution in [3.05, 3.63) is 11.9 Å². The summed E-state index contributed by atoms with van der Waals surface area (Å²) in [6, 6.07) is 0. The number of amides is 1. The number of aliphatic imine (C=N–C) groups is 1. The quantitative estimate of drug-likeness (QED) is 0.515. The molecule has 0 aromatic rings. The summed E-state index contributed by atoms with van der Waals surface area (Å²) in [7, 11) is 0. The lowest BCUT2D eigenvalue weighted by atomic mass is 9.98. The lowest BCUT2D eigenvalue weighted by Gasteiger charge is -2.18. The average Bonchev–Trinajstić information content (AvgIpc) is 2.33. The SMILES string of the molecule is O=C1CCC2C=NC=C2N1. The van der Waals surface area contributed by atoms with Crippen molar-refractivity contribution < 1.29 is 4.79 Å². The smallest absolute Gasteiger partial charge is 0.224 e. The van der Waals surface area contributed by atoms with Crippen LogP contribution in [0, 0.1) is 5.92 Å². The van der Waals surface area contributed by atoms with Crippen molar-refractivity contribution in [2.24, 2.45) is 10.9 Å². The fourth-order valence-corrected chi connectivity index (χ4v) is 1.27. The van der Waals surface area contributed by atoms with E-state index < -0.39 is 0 Å². The maximum absolute atomic E-state index is 10.8. The Morgan fingerprint density at radius 1 is 1.70 bits per heavy atom. The summed E-state index contributed by atoms with van der Waals surface area (Å²) in [6.45, 7) is 0. The first-order chi connectivity index (χ1) is 4.86. The summed E-state index contributed by atoms with van der Waals surface area (Å²) in [4.78, 5) is 14.8. The minimum Gasteiger partial charge on any atom is -0.328 e. The summed E-state index contributed by atoms with van der Waals surface area (Å²) in [6.07, 6.45) is 5.16. The third-order valence-corrected chi connectivity index (χ3v) is 1.85. The highest BCUT2D eigenvalue weighted by Gasteiger charge is 2.23. The zero-order valence-corrected chi connectivity index (χ0v) is 5.50. The number of fused-ring (bicyclic) bond motifs is 1. The monoisotopic (exact) mass is 136 g/mol. The molecule has 0 bridgehead atoms. The third kappa shape index (κ3) is 0.744. The second kappa shape index (κ2) is 1.94. The Bertz CT molecular complexity index is 230. The standard InChI is InChI=1S/C7H8N2O/c10-7-2-1-5-3-8-4-6(5)9-7/h3-5H,1-2H2,(H,9,10). The summed E-state index contributed by atoms with van der Waals surface area (Å²) < 4.78 is 0. The van der Waals surface area contributed by atoms with Gasteiger partial charge in [0.05, 0.1) is 0 Å². The van der Waals surface area contributed by atoms with Crippen molar-refractivity contribution in [2.45, 2.75) is 12.8 Å². The van der Waals surface area contributed by atoms with E-state index in [0.717, 1.165) is 12.1 Å². The molecule has 2 heterocycles. The van der Waals surface area contributed by atoms with Crippen LogP contribution in [0.5, 0.6) is 0 Å². The first-order valence-electron chi connectivity index (χ1n) is 3.39. The van der Waals surface area contributed by atoms with Crippen molar-refractivity contribution in [2.75, 3.05) is 0 Å². The highest BCUT2D eigenvalue weighted by atomic mass is 16.1. The molecule has 0 radical (unpaired) electrons. The Hall–Kier alpha value is -1.12. The first-order valence-corrected chi connectivity index (χ1v) is 3.39. The Morgan fingerprint density at radius 2 is 2.60 bits per heavy atom. The van der Waals surface area contributed by atoms with Crippen molar-refractivity contribution in [1.82, 2.24) is 5.32 Å². The van der Waals surface area contributed by atoms with Gasteiger partial charge in [-0.1, -0.05) is 0 Å². The highest BCUT2D eigenvalue weighted by Crippen LogP contribution is 2.21. The molecule has 3 nitrogen and oxygen atoms in total. The van der Waals surface area contributed by atoms with E-state index in [-0.39, 0.29) is 5.91 Å². The summed E-state index contributed by atoms with van der Waals surface area (Å²) in [5, 5.41) is 2.78. The molecule has 10 heavy (non-hydrogen) atoms. The number of carbonyl (C=O) groups excluding carboxylic acids is 1. The van der Waals surface area contributed by atoms with Crippen LogP contribution in [0.3, 0.4) is 0 Å². The molecule has 0 aromatic heterocycles. The average molecular weight is 136 g/mol. The summed E-state index contributed by atoms with van der Waals surface area (Å²) in [5.41, 5.74) is 0.969. The van der Waals surface area contributed by atoms with Gasteiger partial charge in [0.25, 0.3) is 0 Å². The fourth-order valence-electron chi connectivity index (χ4n) is 1.27. The van der Waals surface area contributed by atoms with Gasteiger partial charge in [0, 0.05) is 30.5 Å². The molecule has 3 heteroatoms. The van der Waals surface area contributed by atoms with Crippen molar-refractivity contribution in [3.63, 3.8) is 0 Å². The molecule has 1 atom stereocenters. The van der Waals surface area contributed by atoms with Gasteiger partial charge >= 0.3 is 0 Å². The number of allylic oxidation sites excluding steroid dienone is 1. The number of hydrogen-bond donors (Lipinski definition) is 1. The Morgan fingerprint density at radius 3 is 3.50 bits per heavy atom. The van der Waals surface area contributed by atoms with Gasteiger partial charge < -0.3 is 5.32 Å². The minimum absolute atomic E-state index is 0.119. The fraction of sp³-hybridized carbons (Fsp3) is 0.429. The van der Waals surface area contributed by atoms with E-state index in [2.05, 4.69) is 10.3 Å². The largest absolute Gasteiger partial charge is 0.328 e. The van der Waals surface area contributed by atoms with E-state index in [4.69, 9.17) is 0 Å².